The summed E-state index contributed by atoms with van der Waals surface area (Å²) < 4.78 is 0. The van der Waals surface area contributed by atoms with E-state index in [9.17, 15) is 4.79 Å². The van der Waals surface area contributed by atoms with Gasteiger partial charge in [-0.25, -0.2) is 0 Å². The first-order chi connectivity index (χ1) is 8.89. The van der Waals surface area contributed by atoms with Crippen LogP contribution in [0, 0.1) is 0 Å². The predicted molar refractivity (Wildman–Crippen MR) is 80.1 cm³/mol. The molecule has 0 saturated carbocycles. The number of carbonyl (C=O) groups excluding carboxylic acids is 1. The number of nitrogens with one attached hydrogen (secondary N) is 2. The molecule has 0 aromatic heterocycles. The van der Waals surface area contributed by atoms with Gasteiger partial charge in [0.1, 0.15) is 0 Å². The number of hydrogen-bond donors (Lipinski definition) is 2. The number of rotatable bonds is 7. The second-order valence-electron chi connectivity index (χ2n) is 5.95. The van der Waals surface area contributed by atoms with Crippen molar-refractivity contribution in [2.45, 2.75) is 52.1 Å². The SMILES string of the molecule is CC(C)NC(=O)CNC(C)(C)CCc1ccccc1. The summed E-state index contributed by atoms with van der Waals surface area (Å²) in [7, 11) is 0. The minimum atomic E-state index is -0.0375. The van der Waals surface area contributed by atoms with E-state index < -0.39 is 0 Å². The molecular formula is C16H26N2O. The average molecular weight is 262 g/mol. The fourth-order valence-corrected chi connectivity index (χ4v) is 1.88. The van der Waals surface area contributed by atoms with Gasteiger partial charge in [0.05, 0.1) is 6.54 Å². The fraction of sp³-hybridized carbons (Fsp3) is 0.562. The first-order valence-electron chi connectivity index (χ1n) is 6.97. The van der Waals surface area contributed by atoms with Gasteiger partial charge in [0.2, 0.25) is 5.91 Å². The summed E-state index contributed by atoms with van der Waals surface area (Å²) in [5.41, 5.74) is 1.30. The second-order valence-corrected chi connectivity index (χ2v) is 5.95. The molecule has 0 aliphatic rings. The Hall–Kier alpha value is -1.35. The van der Waals surface area contributed by atoms with Crippen LogP contribution in [0.2, 0.25) is 0 Å². The first-order valence-corrected chi connectivity index (χ1v) is 6.97. The molecule has 0 heterocycles. The lowest BCUT2D eigenvalue weighted by Gasteiger charge is -2.26. The van der Waals surface area contributed by atoms with E-state index in [-0.39, 0.29) is 17.5 Å². The summed E-state index contributed by atoms with van der Waals surface area (Å²) >= 11 is 0. The molecule has 1 amide bonds. The lowest BCUT2D eigenvalue weighted by atomic mass is 9.95. The molecule has 0 spiro atoms. The highest BCUT2D eigenvalue weighted by Gasteiger charge is 2.18. The lowest BCUT2D eigenvalue weighted by molar-refractivity contribution is -0.121. The van der Waals surface area contributed by atoms with E-state index in [4.69, 9.17) is 0 Å². The van der Waals surface area contributed by atoms with Gasteiger partial charge in [-0.2, -0.15) is 0 Å². The summed E-state index contributed by atoms with van der Waals surface area (Å²) in [4.78, 5) is 11.6. The maximum atomic E-state index is 11.6. The Kier molecular flexibility index (Phi) is 6.03. The molecule has 0 aliphatic carbocycles. The van der Waals surface area contributed by atoms with E-state index in [2.05, 4.69) is 48.7 Å². The normalized spacial score (nSPS) is 11.6. The average Bonchev–Trinajstić information content (AvgIpc) is 2.35. The maximum absolute atomic E-state index is 11.6. The van der Waals surface area contributed by atoms with Gasteiger partial charge in [0, 0.05) is 11.6 Å². The number of carbonyl (C=O) groups is 1. The number of hydrogen-bond acceptors (Lipinski definition) is 2. The minimum absolute atomic E-state index is 0.0375. The molecule has 0 radical (unpaired) electrons. The molecule has 3 nitrogen and oxygen atoms in total. The van der Waals surface area contributed by atoms with E-state index >= 15 is 0 Å². The molecule has 0 atom stereocenters. The van der Waals surface area contributed by atoms with Crippen LogP contribution in [0.15, 0.2) is 30.3 Å². The summed E-state index contributed by atoms with van der Waals surface area (Å²) in [6, 6.07) is 10.6. The van der Waals surface area contributed by atoms with Crippen molar-refractivity contribution in [2.75, 3.05) is 6.54 Å². The quantitative estimate of drug-likeness (QED) is 0.793. The van der Waals surface area contributed by atoms with Crippen molar-refractivity contribution in [2.24, 2.45) is 0 Å². The van der Waals surface area contributed by atoms with Gasteiger partial charge >= 0.3 is 0 Å². The summed E-state index contributed by atoms with van der Waals surface area (Å²) in [6.45, 7) is 8.59. The Balaban J connectivity index is 2.33. The molecular weight excluding hydrogens is 236 g/mol. The van der Waals surface area contributed by atoms with E-state index in [1.807, 2.05) is 19.9 Å². The largest absolute Gasteiger partial charge is 0.353 e. The first kappa shape index (κ1) is 15.7. The van der Waals surface area contributed by atoms with Gasteiger partial charge in [-0.15, -0.1) is 0 Å². The number of aryl methyl sites for hydroxylation is 1. The van der Waals surface area contributed by atoms with Crippen molar-refractivity contribution in [3.05, 3.63) is 35.9 Å². The van der Waals surface area contributed by atoms with Crippen LogP contribution in [-0.4, -0.2) is 24.0 Å². The minimum Gasteiger partial charge on any atom is -0.353 e. The zero-order valence-corrected chi connectivity index (χ0v) is 12.5. The molecule has 2 N–H and O–H groups in total. The highest BCUT2D eigenvalue weighted by molar-refractivity contribution is 5.78. The third kappa shape index (κ3) is 6.97. The molecule has 0 aliphatic heterocycles. The number of amides is 1. The van der Waals surface area contributed by atoms with Crippen molar-refractivity contribution in [1.29, 1.82) is 0 Å². The highest BCUT2D eigenvalue weighted by atomic mass is 16.1. The summed E-state index contributed by atoms with van der Waals surface area (Å²) in [5.74, 6) is 0.0581. The van der Waals surface area contributed by atoms with Crippen LogP contribution in [0.3, 0.4) is 0 Å². The van der Waals surface area contributed by atoms with Crippen LogP contribution in [0.5, 0.6) is 0 Å². The Morgan fingerprint density at radius 2 is 1.84 bits per heavy atom. The zero-order chi connectivity index (χ0) is 14.3. The molecule has 1 aromatic rings. The third-order valence-electron chi connectivity index (χ3n) is 3.06. The molecule has 0 unspecified atom stereocenters. The highest BCUT2D eigenvalue weighted by Crippen LogP contribution is 2.13. The summed E-state index contributed by atoms with van der Waals surface area (Å²) in [6.07, 6.45) is 2.03. The van der Waals surface area contributed by atoms with Crippen LogP contribution >= 0.6 is 0 Å². The Morgan fingerprint density at radius 1 is 1.21 bits per heavy atom. The van der Waals surface area contributed by atoms with Gasteiger partial charge in [0.25, 0.3) is 0 Å². The molecule has 19 heavy (non-hydrogen) atoms. The second kappa shape index (κ2) is 7.29. The smallest absolute Gasteiger partial charge is 0.234 e. The van der Waals surface area contributed by atoms with E-state index in [1.165, 1.54) is 5.56 Å². The van der Waals surface area contributed by atoms with Crippen molar-refractivity contribution in [3.63, 3.8) is 0 Å². The summed E-state index contributed by atoms with van der Waals surface area (Å²) in [5, 5.41) is 6.21. The molecule has 1 rings (SSSR count). The Bertz CT molecular complexity index is 385. The lowest BCUT2D eigenvalue weighted by Crippen LogP contribution is -2.46. The Morgan fingerprint density at radius 3 is 2.42 bits per heavy atom. The van der Waals surface area contributed by atoms with Crippen LogP contribution < -0.4 is 10.6 Å². The predicted octanol–water partition coefficient (Wildman–Crippen LogP) is 2.51. The van der Waals surface area contributed by atoms with E-state index in [1.54, 1.807) is 0 Å². The van der Waals surface area contributed by atoms with Gasteiger partial charge in [-0.05, 0) is 46.1 Å². The van der Waals surface area contributed by atoms with Crippen LogP contribution in [0.1, 0.15) is 39.7 Å². The zero-order valence-electron chi connectivity index (χ0n) is 12.5. The van der Waals surface area contributed by atoms with Crippen molar-refractivity contribution < 1.29 is 4.79 Å². The van der Waals surface area contributed by atoms with Crippen molar-refractivity contribution in [1.82, 2.24) is 10.6 Å². The molecule has 106 valence electrons. The molecule has 0 fully saturated rings. The van der Waals surface area contributed by atoms with Crippen LogP contribution in [0.4, 0.5) is 0 Å². The third-order valence-corrected chi connectivity index (χ3v) is 3.06. The van der Waals surface area contributed by atoms with Gasteiger partial charge in [-0.3, -0.25) is 4.79 Å². The van der Waals surface area contributed by atoms with Gasteiger partial charge in [-0.1, -0.05) is 30.3 Å². The molecule has 1 aromatic carbocycles. The molecule has 0 bridgehead atoms. The van der Waals surface area contributed by atoms with Crippen molar-refractivity contribution in [3.8, 4) is 0 Å². The number of benzene rings is 1. The van der Waals surface area contributed by atoms with Crippen molar-refractivity contribution >= 4 is 5.91 Å². The van der Waals surface area contributed by atoms with Gasteiger partial charge < -0.3 is 10.6 Å². The van der Waals surface area contributed by atoms with Crippen LogP contribution in [-0.2, 0) is 11.2 Å². The standard InChI is InChI=1S/C16H26N2O/c1-13(2)18-15(19)12-17-16(3,4)11-10-14-8-6-5-7-9-14/h5-9,13,17H,10-12H2,1-4H3,(H,18,19). The monoisotopic (exact) mass is 262 g/mol. The molecule has 0 saturated heterocycles. The van der Waals surface area contributed by atoms with Crippen LogP contribution in [0.25, 0.3) is 0 Å². The fourth-order valence-electron chi connectivity index (χ4n) is 1.88. The van der Waals surface area contributed by atoms with Gasteiger partial charge in [0.15, 0.2) is 0 Å². The maximum Gasteiger partial charge on any atom is 0.234 e. The topological polar surface area (TPSA) is 41.1 Å². The Labute approximate surface area is 116 Å². The molecule has 3 heteroatoms. The van der Waals surface area contributed by atoms with E-state index in [0.717, 1.165) is 12.8 Å². The van der Waals surface area contributed by atoms with E-state index in [0.29, 0.717) is 6.54 Å².